The molecule has 1 aromatic heterocycles. The van der Waals surface area contributed by atoms with Gasteiger partial charge in [-0.3, -0.25) is 14.4 Å². The van der Waals surface area contributed by atoms with Gasteiger partial charge in [-0.15, -0.1) is 0 Å². The van der Waals surface area contributed by atoms with Gasteiger partial charge >= 0.3 is 0 Å². The molecule has 1 unspecified atom stereocenters. The second kappa shape index (κ2) is 10.7. The molecule has 2 aliphatic heterocycles. The maximum absolute atomic E-state index is 13.2. The van der Waals surface area contributed by atoms with Crippen LogP contribution in [0.4, 0.5) is 5.69 Å². The van der Waals surface area contributed by atoms with Crippen molar-refractivity contribution in [3.05, 3.63) is 89.9 Å². The van der Waals surface area contributed by atoms with E-state index in [1.165, 1.54) is 12.0 Å². The topological polar surface area (TPSA) is 86.1 Å². The fourth-order valence-electron chi connectivity index (χ4n) is 4.93. The zero-order chi connectivity index (χ0) is 24.9. The van der Waals surface area contributed by atoms with Crippen LogP contribution in [0.3, 0.4) is 0 Å². The summed E-state index contributed by atoms with van der Waals surface area (Å²) in [5.74, 6) is -0.342. The summed E-state index contributed by atoms with van der Waals surface area (Å²) in [6.45, 7) is 3.45. The number of nitrogens with zero attached hydrogens (tertiary/aromatic N) is 3. The molecule has 8 heteroatoms. The Kier molecular flexibility index (Phi) is 7.02. The number of nitrogens with one attached hydrogen (secondary N) is 1. The second-order valence-corrected chi connectivity index (χ2v) is 9.14. The lowest BCUT2D eigenvalue weighted by Crippen LogP contribution is -2.53. The van der Waals surface area contributed by atoms with Crippen LogP contribution in [0.25, 0.3) is 0 Å². The summed E-state index contributed by atoms with van der Waals surface area (Å²) >= 11 is 0. The van der Waals surface area contributed by atoms with E-state index >= 15 is 0 Å². The minimum atomic E-state index is -0.665. The zero-order valence-corrected chi connectivity index (χ0v) is 20.1. The highest BCUT2D eigenvalue weighted by Gasteiger charge is 2.36. The van der Waals surface area contributed by atoms with Crippen LogP contribution >= 0.6 is 0 Å². The fourth-order valence-corrected chi connectivity index (χ4v) is 4.93. The quantitative estimate of drug-likeness (QED) is 0.579. The molecular weight excluding hydrogens is 456 g/mol. The van der Waals surface area contributed by atoms with Crippen LogP contribution < -0.4 is 10.2 Å². The Bertz CT molecular complexity index is 1200. The number of benzene rings is 2. The summed E-state index contributed by atoms with van der Waals surface area (Å²) in [7, 11) is 0. The molecule has 0 saturated carbocycles. The Morgan fingerprint density at radius 3 is 2.31 bits per heavy atom. The van der Waals surface area contributed by atoms with E-state index in [0.717, 1.165) is 24.2 Å². The van der Waals surface area contributed by atoms with Crippen LogP contribution in [-0.2, 0) is 22.6 Å². The zero-order valence-electron chi connectivity index (χ0n) is 20.1. The number of fused-ring (bicyclic) bond motifs is 1. The summed E-state index contributed by atoms with van der Waals surface area (Å²) in [6, 6.07) is 20.6. The van der Waals surface area contributed by atoms with Crippen LogP contribution in [-0.4, -0.2) is 66.3 Å². The third-order valence-corrected chi connectivity index (χ3v) is 6.94. The number of anilines is 1. The lowest BCUT2D eigenvalue weighted by molar-refractivity contribution is -0.131. The SMILES string of the molecule is O=C(NCCC(=O)N1CCN(c2ccccc2)CC1)C1Cc2ccccc2CN1C(=O)c1ccco1. The number of carbonyl (C=O) groups excluding carboxylic acids is 3. The molecule has 0 bridgehead atoms. The van der Waals surface area contributed by atoms with Crippen LogP contribution in [0.5, 0.6) is 0 Å². The van der Waals surface area contributed by atoms with Crippen molar-refractivity contribution in [2.45, 2.75) is 25.4 Å². The summed E-state index contributed by atoms with van der Waals surface area (Å²) in [5.41, 5.74) is 3.24. The van der Waals surface area contributed by atoms with Crippen LogP contribution in [0, 0.1) is 0 Å². The van der Waals surface area contributed by atoms with E-state index in [0.29, 0.717) is 26.1 Å². The van der Waals surface area contributed by atoms with Gasteiger partial charge in [0.05, 0.1) is 6.26 Å². The maximum Gasteiger partial charge on any atom is 0.290 e. The number of rotatable bonds is 6. The molecule has 3 aromatic rings. The molecule has 3 heterocycles. The number of carbonyl (C=O) groups is 3. The first-order valence-electron chi connectivity index (χ1n) is 12.4. The third-order valence-electron chi connectivity index (χ3n) is 6.94. The van der Waals surface area contributed by atoms with E-state index in [4.69, 9.17) is 4.42 Å². The molecule has 36 heavy (non-hydrogen) atoms. The highest BCUT2D eigenvalue weighted by Crippen LogP contribution is 2.25. The first-order chi connectivity index (χ1) is 17.6. The summed E-state index contributed by atoms with van der Waals surface area (Å²) in [5, 5.41) is 2.90. The Balaban J connectivity index is 1.16. The van der Waals surface area contributed by atoms with E-state index in [9.17, 15) is 14.4 Å². The Morgan fingerprint density at radius 1 is 0.861 bits per heavy atom. The van der Waals surface area contributed by atoms with Crippen molar-refractivity contribution in [2.75, 3.05) is 37.6 Å². The monoisotopic (exact) mass is 486 g/mol. The van der Waals surface area contributed by atoms with Crippen molar-refractivity contribution in [3.8, 4) is 0 Å². The standard InChI is InChI=1S/C28H30N4O4/c33-26(31-16-14-30(15-17-31)23-9-2-1-3-10-23)12-13-29-27(34)24-19-21-7-4-5-8-22(21)20-32(24)28(35)25-11-6-18-36-25/h1-11,18,24H,12-17,19-20H2,(H,29,34). The number of para-hydroxylation sites is 1. The molecule has 1 saturated heterocycles. The second-order valence-electron chi connectivity index (χ2n) is 9.14. The molecular formula is C28H30N4O4. The van der Waals surface area contributed by atoms with E-state index in [2.05, 4.69) is 22.3 Å². The molecule has 5 rings (SSSR count). The number of hydrogen-bond acceptors (Lipinski definition) is 5. The Morgan fingerprint density at radius 2 is 1.58 bits per heavy atom. The van der Waals surface area contributed by atoms with Gasteiger partial charge < -0.3 is 24.4 Å². The molecule has 1 N–H and O–H groups in total. The van der Waals surface area contributed by atoms with Crippen molar-refractivity contribution in [3.63, 3.8) is 0 Å². The molecule has 2 aromatic carbocycles. The highest BCUT2D eigenvalue weighted by molar-refractivity contribution is 5.96. The van der Waals surface area contributed by atoms with Crippen LogP contribution in [0.2, 0.25) is 0 Å². The van der Waals surface area contributed by atoms with E-state index in [1.54, 1.807) is 17.0 Å². The molecule has 2 aliphatic rings. The highest BCUT2D eigenvalue weighted by atomic mass is 16.3. The van der Waals surface area contributed by atoms with Gasteiger partial charge in [-0.05, 0) is 35.4 Å². The van der Waals surface area contributed by atoms with Gasteiger partial charge in [0.25, 0.3) is 5.91 Å². The third kappa shape index (κ3) is 5.12. The molecule has 1 atom stereocenters. The molecule has 8 nitrogen and oxygen atoms in total. The Labute approximate surface area is 210 Å². The first-order valence-corrected chi connectivity index (χ1v) is 12.4. The molecule has 0 radical (unpaired) electrons. The van der Waals surface area contributed by atoms with Gasteiger partial charge in [0.2, 0.25) is 11.8 Å². The summed E-state index contributed by atoms with van der Waals surface area (Å²) < 4.78 is 5.30. The minimum absolute atomic E-state index is 0.0283. The largest absolute Gasteiger partial charge is 0.459 e. The van der Waals surface area contributed by atoms with Crippen molar-refractivity contribution in [1.29, 1.82) is 0 Å². The van der Waals surface area contributed by atoms with E-state index in [1.807, 2.05) is 47.4 Å². The normalized spacial score (nSPS) is 17.4. The Hall–Kier alpha value is -4.07. The molecule has 1 fully saturated rings. The summed E-state index contributed by atoms with van der Waals surface area (Å²) in [4.78, 5) is 44.7. The summed E-state index contributed by atoms with van der Waals surface area (Å²) in [6.07, 6.45) is 2.10. The number of hydrogen-bond donors (Lipinski definition) is 1. The van der Waals surface area contributed by atoms with Crippen molar-refractivity contribution in [1.82, 2.24) is 15.1 Å². The smallest absolute Gasteiger partial charge is 0.290 e. The first kappa shape index (κ1) is 23.7. The van der Waals surface area contributed by atoms with Gasteiger partial charge in [-0.25, -0.2) is 0 Å². The molecule has 0 spiro atoms. The number of amides is 3. The van der Waals surface area contributed by atoms with Crippen LogP contribution in [0.1, 0.15) is 28.1 Å². The van der Waals surface area contributed by atoms with Gasteiger partial charge in [-0.2, -0.15) is 0 Å². The lowest BCUT2D eigenvalue weighted by atomic mass is 9.93. The predicted octanol–water partition coefficient (Wildman–Crippen LogP) is 2.70. The van der Waals surface area contributed by atoms with Gasteiger partial charge in [-0.1, -0.05) is 42.5 Å². The van der Waals surface area contributed by atoms with Gasteiger partial charge in [0.15, 0.2) is 5.76 Å². The average Bonchev–Trinajstić information content (AvgIpc) is 3.47. The van der Waals surface area contributed by atoms with Gasteiger partial charge in [0, 0.05) is 57.8 Å². The molecule has 186 valence electrons. The number of piperazine rings is 1. The van der Waals surface area contributed by atoms with Crippen molar-refractivity contribution in [2.24, 2.45) is 0 Å². The van der Waals surface area contributed by atoms with Crippen molar-refractivity contribution < 1.29 is 18.8 Å². The predicted molar refractivity (Wildman–Crippen MR) is 135 cm³/mol. The molecule has 3 amide bonds. The van der Waals surface area contributed by atoms with E-state index < -0.39 is 6.04 Å². The minimum Gasteiger partial charge on any atom is -0.459 e. The van der Waals surface area contributed by atoms with E-state index in [-0.39, 0.29) is 36.4 Å². The average molecular weight is 487 g/mol. The lowest BCUT2D eigenvalue weighted by Gasteiger charge is -2.36. The number of furan rings is 1. The van der Waals surface area contributed by atoms with Crippen molar-refractivity contribution >= 4 is 23.4 Å². The van der Waals surface area contributed by atoms with Crippen LogP contribution in [0.15, 0.2) is 77.4 Å². The maximum atomic E-state index is 13.2. The van der Waals surface area contributed by atoms with Gasteiger partial charge in [0.1, 0.15) is 6.04 Å². The molecule has 0 aliphatic carbocycles. The fraction of sp³-hybridized carbons (Fsp3) is 0.321.